The minimum Gasteiger partial charge on any atom is -0.481 e. The Kier molecular flexibility index (Phi) is 7.22. The first-order chi connectivity index (χ1) is 9.52. The number of carboxylic acids is 1. The highest BCUT2D eigenvalue weighted by atomic mass is 79.9. The van der Waals surface area contributed by atoms with E-state index in [0.29, 0.717) is 17.4 Å². The van der Waals surface area contributed by atoms with Crippen molar-refractivity contribution in [1.29, 1.82) is 0 Å². The normalized spacial score (nSPS) is 10.3. The molecular weight excluding hydrogens is 329 g/mol. The summed E-state index contributed by atoms with van der Waals surface area (Å²) >= 11 is 3.15. The Hall–Kier alpha value is -1.43. The molecular formula is C14H17BrFNO3. The van der Waals surface area contributed by atoms with E-state index in [-0.39, 0.29) is 12.0 Å². The molecule has 0 bridgehead atoms. The summed E-state index contributed by atoms with van der Waals surface area (Å²) in [4.78, 5) is 22.1. The molecule has 6 heteroatoms. The van der Waals surface area contributed by atoms with Gasteiger partial charge in [0.25, 0.3) is 5.91 Å². The quantitative estimate of drug-likeness (QED) is 0.710. The van der Waals surface area contributed by atoms with Gasteiger partial charge in [0.15, 0.2) is 0 Å². The van der Waals surface area contributed by atoms with E-state index in [1.807, 2.05) is 0 Å². The summed E-state index contributed by atoms with van der Waals surface area (Å²) in [6.07, 6.45) is 3.21. The van der Waals surface area contributed by atoms with Crippen LogP contribution in [0, 0.1) is 5.82 Å². The van der Waals surface area contributed by atoms with E-state index in [0.717, 1.165) is 19.3 Å². The van der Waals surface area contributed by atoms with Crippen LogP contribution in [0.25, 0.3) is 0 Å². The smallest absolute Gasteiger partial charge is 0.303 e. The van der Waals surface area contributed by atoms with Gasteiger partial charge in [0.05, 0.1) is 5.56 Å². The Morgan fingerprint density at radius 3 is 2.55 bits per heavy atom. The van der Waals surface area contributed by atoms with Crippen molar-refractivity contribution in [1.82, 2.24) is 5.32 Å². The first kappa shape index (κ1) is 16.6. The molecule has 0 spiro atoms. The first-order valence-electron chi connectivity index (χ1n) is 6.46. The van der Waals surface area contributed by atoms with Gasteiger partial charge in [-0.25, -0.2) is 4.39 Å². The molecule has 1 amide bonds. The van der Waals surface area contributed by atoms with E-state index < -0.39 is 17.7 Å². The zero-order chi connectivity index (χ0) is 15.0. The van der Waals surface area contributed by atoms with Gasteiger partial charge in [-0.2, -0.15) is 0 Å². The average Bonchev–Trinajstić information content (AvgIpc) is 2.37. The van der Waals surface area contributed by atoms with Crippen LogP contribution in [0.2, 0.25) is 0 Å². The van der Waals surface area contributed by atoms with Crippen LogP contribution in [-0.4, -0.2) is 23.5 Å². The molecule has 0 aliphatic heterocycles. The van der Waals surface area contributed by atoms with Crippen LogP contribution in [0.3, 0.4) is 0 Å². The van der Waals surface area contributed by atoms with Crippen molar-refractivity contribution in [3.63, 3.8) is 0 Å². The Morgan fingerprint density at radius 2 is 1.90 bits per heavy atom. The second-order valence-corrected chi connectivity index (χ2v) is 5.26. The van der Waals surface area contributed by atoms with Crippen LogP contribution in [-0.2, 0) is 4.79 Å². The lowest BCUT2D eigenvalue weighted by Crippen LogP contribution is -2.25. The Bertz CT molecular complexity index is 459. The summed E-state index contributed by atoms with van der Waals surface area (Å²) in [6, 6.07) is 4.38. The third kappa shape index (κ3) is 5.69. The lowest BCUT2D eigenvalue weighted by Gasteiger charge is -2.07. The van der Waals surface area contributed by atoms with E-state index in [4.69, 9.17) is 5.11 Å². The van der Waals surface area contributed by atoms with Gasteiger partial charge in [0, 0.05) is 17.4 Å². The second-order valence-electron chi connectivity index (χ2n) is 4.41. The number of unbranched alkanes of at least 4 members (excludes halogenated alkanes) is 3. The standard InChI is InChI=1S/C14H17BrFNO3/c15-10-6-5-7-11(16)13(10)14(20)17-9-4-2-1-3-8-12(18)19/h5-7H,1-4,8-9H2,(H,17,20)(H,18,19). The number of benzene rings is 1. The van der Waals surface area contributed by atoms with Crippen molar-refractivity contribution in [3.05, 3.63) is 34.1 Å². The second kappa shape index (κ2) is 8.68. The number of carbonyl (C=O) groups excluding carboxylic acids is 1. The number of aliphatic carboxylic acids is 1. The summed E-state index contributed by atoms with van der Waals surface area (Å²) < 4.78 is 13.9. The number of carbonyl (C=O) groups is 2. The molecule has 0 saturated carbocycles. The van der Waals surface area contributed by atoms with Crippen LogP contribution in [0.5, 0.6) is 0 Å². The molecule has 0 aliphatic rings. The molecule has 0 heterocycles. The highest BCUT2D eigenvalue weighted by Crippen LogP contribution is 2.19. The molecule has 2 N–H and O–H groups in total. The minimum atomic E-state index is -0.789. The fraction of sp³-hybridized carbons (Fsp3) is 0.429. The fourth-order valence-electron chi connectivity index (χ4n) is 1.76. The Balaban J connectivity index is 2.25. The van der Waals surface area contributed by atoms with E-state index in [9.17, 15) is 14.0 Å². The largest absolute Gasteiger partial charge is 0.481 e. The SMILES string of the molecule is O=C(O)CCCCCCNC(=O)c1c(F)cccc1Br. The molecule has 0 fully saturated rings. The number of rotatable bonds is 8. The number of carboxylic acid groups (broad SMARTS) is 1. The summed E-state index contributed by atoms with van der Waals surface area (Å²) in [6.45, 7) is 0.451. The van der Waals surface area contributed by atoms with Gasteiger partial charge in [-0.15, -0.1) is 0 Å². The fourth-order valence-corrected chi connectivity index (χ4v) is 2.28. The zero-order valence-corrected chi connectivity index (χ0v) is 12.6. The highest BCUT2D eigenvalue weighted by Gasteiger charge is 2.14. The summed E-state index contributed by atoms with van der Waals surface area (Å²) in [7, 11) is 0. The molecule has 1 aromatic rings. The topological polar surface area (TPSA) is 66.4 Å². The van der Waals surface area contributed by atoms with Gasteiger partial charge >= 0.3 is 5.97 Å². The maximum atomic E-state index is 13.5. The van der Waals surface area contributed by atoms with Crippen LogP contribution in [0.15, 0.2) is 22.7 Å². The average molecular weight is 346 g/mol. The van der Waals surface area contributed by atoms with Gasteiger partial charge in [0.2, 0.25) is 0 Å². The van der Waals surface area contributed by atoms with Crippen LogP contribution in [0.4, 0.5) is 4.39 Å². The van der Waals surface area contributed by atoms with Gasteiger partial charge in [0.1, 0.15) is 5.82 Å². The van der Waals surface area contributed by atoms with E-state index in [1.165, 1.54) is 12.1 Å². The lowest BCUT2D eigenvalue weighted by atomic mass is 10.1. The third-order valence-corrected chi connectivity index (χ3v) is 3.45. The highest BCUT2D eigenvalue weighted by molar-refractivity contribution is 9.10. The molecule has 110 valence electrons. The van der Waals surface area contributed by atoms with E-state index >= 15 is 0 Å². The van der Waals surface area contributed by atoms with E-state index in [1.54, 1.807) is 6.07 Å². The number of amides is 1. The Labute approximate surface area is 125 Å². The van der Waals surface area contributed by atoms with E-state index in [2.05, 4.69) is 21.2 Å². The zero-order valence-electron chi connectivity index (χ0n) is 11.0. The molecule has 0 radical (unpaired) electrons. The van der Waals surface area contributed by atoms with Crippen molar-refractivity contribution < 1.29 is 19.1 Å². The van der Waals surface area contributed by atoms with Gasteiger partial charge in [-0.1, -0.05) is 18.9 Å². The molecule has 0 aliphatic carbocycles. The summed E-state index contributed by atoms with van der Waals surface area (Å²) in [5.41, 5.74) is 0.0124. The predicted molar refractivity (Wildman–Crippen MR) is 77.2 cm³/mol. The van der Waals surface area contributed by atoms with Crippen molar-refractivity contribution in [2.45, 2.75) is 32.1 Å². The van der Waals surface area contributed by atoms with Gasteiger partial charge in [-0.3, -0.25) is 9.59 Å². The third-order valence-electron chi connectivity index (χ3n) is 2.79. The molecule has 0 unspecified atom stereocenters. The molecule has 0 aromatic heterocycles. The molecule has 20 heavy (non-hydrogen) atoms. The predicted octanol–water partition coefficient (Wildman–Crippen LogP) is 3.35. The van der Waals surface area contributed by atoms with Crippen molar-refractivity contribution in [3.8, 4) is 0 Å². The number of halogens is 2. The lowest BCUT2D eigenvalue weighted by molar-refractivity contribution is -0.137. The van der Waals surface area contributed by atoms with Crippen molar-refractivity contribution >= 4 is 27.8 Å². The van der Waals surface area contributed by atoms with Crippen LogP contribution in [0.1, 0.15) is 42.5 Å². The summed E-state index contributed by atoms with van der Waals surface area (Å²) in [5.74, 6) is -1.79. The minimum absolute atomic E-state index is 0.0124. The molecule has 1 rings (SSSR count). The first-order valence-corrected chi connectivity index (χ1v) is 7.25. The van der Waals surface area contributed by atoms with Gasteiger partial charge < -0.3 is 10.4 Å². The number of hydrogen-bond acceptors (Lipinski definition) is 2. The summed E-state index contributed by atoms with van der Waals surface area (Å²) in [5, 5.41) is 11.1. The molecule has 4 nitrogen and oxygen atoms in total. The molecule has 1 aromatic carbocycles. The molecule has 0 atom stereocenters. The van der Waals surface area contributed by atoms with Crippen molar-refractivity contribution in [2.75, 3.05) is 6.54 Å². The van der Waals surface area contributed by atoms with Crippen LogP contribution < -0.4 is 5.32 Å². The number of hydrogen-bond donors (Lipinski definition) is 2. The van der Waals surface area contributed by atoms with Gasteiger partial charge in [-0.05, 0) is 40.9 Å². The molecule has 0 saturated heterocycles. The van der Waals surface area contributed by atoms with Crippen molar-refractivity contribution in [2.24, 2.45) is 0 Å². The van der Waals surface area contributed by atoms with Crippen LogP contribution >= 0.6 is 15.9 Å². The number of nitrogens with one attached hydrogen (secondary N) is 1. The monoisotopic (exact) mass is 345 g/mol. The maximum absolute atomic E-state index is 13.5. The Morgan fingerprint density at radius 1 is 1.20 bits per heavy atom. The maximum Gasteiger partial charge on any atom is 0.303 e.